The van der Waals surface area contributed by atoms with E-state index < -0.39 is 5.92 Å². The molecule has 2 aromatic rings. The Balaban J connectivity index is 1.67. The average Bonchev–Trinajstić information content (AvgIpc) is 2.88. The van der Waals surface area contributed by atoms with Crippen LogP contribution in [0.15, 0.2) is 63.4 Å². The van der Waals surface area contributed by atoms with Crippen LogP contribution < -0.4 is 9.47 Å². The second-order valence-electron chi connectivity index (χ2n) is 13.4. The minimum atomic E-state index is -0.437. The van der Waals surface area contributed by atoms with Gasteiger partial charge in [0.25, 0.3) is 0 Å². The van der Waals surface area contributed by atoms with Crippen LogP contribution in [0.4, 0.5) is 0 Å². The number of nitrogens with zero attached hydrogens (tertiary/aromatic N) is 1. The number of hydrogen-bond donors (Lipinski definition) is 0. The summed E-state index contributed by atoms with van der Waals surface area (Å²) in [5.74, 6) is 0.988. The first-order valence-corrected chi connectivity index (χ1v) is 16.1. The van der Waals surface area contributed by atoms with E-state index in [-0.39, 0.29) is 22.4 Å². The van der Waals surface area contributed by atoms with Gasteiger partial charge in [-0.3, -0.25) is 9.59 Å². The highest BCUT2D eigenvalue weighted by Gasteiger charge is 2.49. The molecular formula is C35H41BrClNO4. The SMILES string of the molecule is CCCN1C2=C(C(=O)CC(C)(C)C2)C(c2cc(Br)c(OCc3cccc(Cl)c3)c(OCC)c2)C2=C1CC(C)(C)CC2=O. The summed E-state index contributed by atoms with van der Waals surface area (Å²) < 4.78 is 13.1. The summed E-state index contributed by atoms with van der Waals surface area (Å²) in [5, 5.41) is 0.652. The molecule has 42 heavy (non-hydrogen) atoms. The second kappa shape index (κ2) is 11.8. The maximum absolute atomic E-state index is 14.0. The van der Waals surface area contributed by atoms with Crippen LogP contribution in [0, 0.1) is 10.8 Å². The molecular weight excluding hydrogens is 614 g/mol. The zero-order valence-electron chi connectivity index (χ0n) is 25.5. The van der Waals surface area contributed by atoms with Gasteiger partial charge in [-0.25, -0.2) is 0 Å². The molecule has 0 unspecified atom stereocenters. The Labute approximate surface area is 263 Å². The molecule has 5 nitrogen and oxygen atoms in total. The summed E-state index contributed by atoms with van der Waals surface area (Å²) in [6, 6.07) is 11.5. The number of ether oxygens (including phenoxy) is 2. The van der Waals surface area contributed by atoms with E-state index in [4.69, 9.17) is 21.1 Å². The van der Waals surface area contributed by atoms with Crippen molar-refractivity contribution >= 4 is 39.1 Å². The zero-order valence-corrected chi connectivity index (χ0v) is 27.9. The summed E-state index contributed by atoms with van der Waals surface area (Å²) >= 11 is 9.95. The minimum Gasteiger partial charge on any atom is -0.490 e. The third-order valence-corrected chi connectivity index (χ3v) is 9.23. The Kier molecular flexibility index (Phi) is 8.70. The molecule has 5 rings (SSSR count). The van der Waals surface area contributed by atoms with Crippen LogP contribution in [-0.4, -0.2) is 29.6 Å². The maximum atomic E-state index is 14.0. The molecule has 2 aliphatic carbocycles. The number of halogens is 2. The number of hydrogen-bond acceptors (Lipinski definition) is 5. The van der Waals surface area contributed by atoms with Crippen molar-refractivity contribution in [1.82, 2.24) is 4.90 Å². The van der Waals surface area contributed by atoms with Gasteiger partial charge in [-0.05, 0) is 88.3 Å². The molecule has 0 bridgehead atoms. The van der Waals surface area contributed by atoms with Crippen molar-refractivity contribution in [2.75, 3.05) is 13.2 Å². The molecule has 0 saturated heterocycles. The van der Waals surface area contributed by atoms with E-state index in [0.717, 1.165) is 63.9 Å². The van der Waals surface area contributed by atoms with Gasteiger partial charge < -0.3 is 14.4 Å². The number of carbonyl (C=O) groups excluding carboxylic acids is 2. The molecule has 0 spiro atoms. The predicted molar refractivity (Wildman–Crippen MR) is 171 cm³/mol. The van der Waals surface area contributed by atoms with Crippen molar-refractivity contribution in [1.29, 1.82) is 0 Å². The van der Waals surface area contributed by atoms with Crippen molar-refractivity contribution in [2.24, 2.45) is 10.8 Å². The minimum absolute atomic E-state index is 0.131. The number of allylic oxidation sites excluding steroid dienone is 4. The van der Waals surface area contributed by atoms with Crippen LogP contribution in [0.5, 0.6) is 11.5 Å². The normalized spacial score (nSPS) is 20.0. The lowest BCUT2D eigenvalue weighted by Crippen LogP contribution is -2.44. The average molecular weight is 655 g/mol. The van der Waals surface area contributed by atoms with Crippen molar-refractivity contribution < 1.29 is 19.1 Å². The van der Waals surface area contributed by atoms with Gasteiger partial charge in [-0.15, -0.1) is 0 Å². The summed E-state index contributed by atoms with van der Waals surface area (Å²) in [6.45, 7) is 14.3. The van der Waals surface area contributed by atoms with Gasteiger partial charge in [-0.1, -0.05) is 58.4 Å². The molecule has 7 heteroatoms. The van der Waals surface area contributed by atoms with Crippen LogP contribution >= 0.6 is 27.5 Å². The highest BCUT2D eigenvalue weighted by molar-refractivity contribution is 9.10. The van der Waals surface area contributed by atoms with E-state index in [0.29, 0.717) is 42.6 Å². The summed E-state index contributed by atoms with van der Waals surface area (Å²) in [4.78, 5) is 30.4. The Bertz CT molecular complexity index is 1430. The molecule has 0 fully saturated rings. The standard InChI is InChI=1S/C35H41BrClNO4/c1-7-12-38-25-16-34(3,4)18-27(39)31(25)30(32-26(38)17-35(5,6)19-28(32)40)22-14-24(36)33(29(15-22)41-8-2)42-20-21-10-9-11-23(37)13-21/h9-11,13-15,30H,7-8,12,16-20H2,1-6H3. The lowest BCUT2D eigenvalue weighted by molar-refractivity contribution is -0.119. The first kappa shape index (κ1) is 30.9. The van der Waals surface area contributed by atoms with Crippen LogP contribution in [-0.2, 0) is 16.2 Å². The Morgan fingerprint density at radius 1 is 0.905 bits per heavy atom. The smallest absolute Gasteiger partial charge is 0.175 e. The van der Waals surface area contributed by atoms with Gasteiger partial charge in [0.15, 0.2) is 23.1 Å². The maximum Gasteiger partial charge on any atom is 0.175 e. The zero-order chi connectivity index (χ0) is 30.4. The van der Waals surface area contributed by atoms with Crippen molar-refractivity contribution in [3.05, 3.63) is 79.6 Å². The van der Waals surface area contributed by atoms with E-state index in [9.17, 15) is 9.59 Å². The van der Waals surface area contributed by atoms with E-state index in [2.05, 4.69) is 55.4 Å². The molecule has 0 saturated carbocycles. The molecule has 2 aromatic carbocycles. The Hall–Kier alpha value is -2.57. The van der Waals surface area contributed by atoms with E-state index >= 15 is 0 Å². The van der Waals surface area contributed by atoms with Crippen molar-refractivity contribution in [3.8, 4) is 11.5 Å². The number of ketones is 2. The van der Waals surface area contributed by atoms with Gasteiger partial charge in [-0.2, -0.15) is 0 Å². The van der Waals surface area contributed by atoms with Crippen molar-refractivity contribution in [2.45, 2.75) is 86.2 Å². The topological polar surface area (TPSA) is 55.8 Å². The summed E-state index contributed by atoms with van der Waals surface area (Å²) in [7, 11) is 0. The third kappa shape index (κ3) is 6.07. The molecule has 0 atom stereocenters. The molecule has 0 radical (unpaired) electrons. The highest BCUT2D eigenvalue weighted by atomic mass is 79.9. The van der Waals surface area contributed by atoms with Gasteiger partial charge in [0.1, 0.15) is 6.61 Å². The fourth-order valence-corrected chi connectivity index (χ4v) is 7.60. The van der Waals surface area contributed by atoms with E-state index in [1.165, 1.54) is 0 Å². The fourth-order valence-electron chi connectivity index (χ4n) is 6.81. The highest BCUT2D eigenvalue weighted by Crippen LogP contribution is 2.55. The number of Topliss-reactive ketones (excluding diaryl/α,β-unsaturated/α-hetero) is 2. The Morgan fingerprint density at radius 3 is 2.07 bits per heavy atom. The van der Waals surface area contributed by atoms with Gasteiger partial charge in [0.05, 0.1) is 11.1 Å². The first-order valence-electron chi connectivity index (χ1n) is 15.0. The molecule has 0 amide bonds. The lowest BCUT2D eigenvalue weighted by atomic mass is 9.63. The second-order valence-corrected chi connectivity index (χ2v) is 14.7. The number of benzene rings is 2. The van der Waals surface area contributed by atoms with Crippen LogP contribution in [0.1, 0.15) is 90.7 Å². The number of rotatable bonds is 8. The van der Waals surface area contributed by atoms with Gasteiger partial charge in [0, 0.05) is 52.9 Å². The van der Waals surface area contributed by atoms with Crippen LogP contribution in [0.2, 0.25) is 5.02 Å². The number of carbonyl (C=O) groups is 2. The van der Waals surface area contributed by atoms with Gasteiger partial charge in [0.2, 0.25) is 0 Å². The first-order chi connectivity index (χ1) is 19.8. The molecule has 224 valence electrons. The van der Waals surface area contributed by atoms with E-state index in [1.54, 1.807) is 0 Å². The van der Waals surface area contributed by atoms with E-state index in [1.807, 2.05) is 43.3 Å². The van der Waals surface area contributed by atoms with Crippen LogP contribution in [0.3, 0.4) is 0 Å². The Morgan fingerprint density at radius 2 is 1.52 bits per heavy atom. The predicted octanol–water partition coefficient (Wildman–Crippen LogP) is 9.18. The molecule has 0 aromatic heterocycles. The third-order valence-electron chi connectivity index (χ3n) is 8.41. The fraction of sp³-hybridized carbons (Fsp3) is 0.486. The molecule has 3 aliphatic rings. The molecule has 0 N–H and O–H groups in total. The van der Waals surface area contributed by atoms with Crippen molar-refractivity contribution in [3.63, 3.8) is 0 Å². The molecule has 1 aliphatic heterocycles. The lowest BCUT2D eigenvalue weighted by Gasteiger charge is -2.49. The molecule has 1 heterocycles. The quantitative estimate of drug-likeness (QED) is 0.284. The van der Waals surface area contributed by atoms with Gasteiger partial charge >= 0.3 is 0 Å². The monoisotopic (exact) mass is 653 g/mol. The van der Waals surface area contributed by atoms with Crippen LogP contribution in [0.25, 0.3) is 0 Å². The summed E-state index contributed by atoms with van der Waals surface area (Å²) in [5.41, 5.74) is 5.25. The summed E-state index contributed by atoms with van der Waals surface area (Å²) in [6.07, 6.45) is 3.46. The largest absolute Gasteiger partial charge is 0.490 e.